The number of allylic oxidation sites excluding steroid dienone is 3. The maximum Gasteiger partial charge on any atom is 0.336 e. The molecular formula is C30H35NO7. The standard InChI is InChI=1S/C30H35NO7/c1-7-13-38-30(33)26-17(2)31-21-14-19(18-11-12-23(34-3)25(16-18)36-5)15-22(32)28(21)27(26)20-9-8-10-24(35-4)29(20)37-6/h8-12,16,19,27,31H,7,13-15H2,1-6H3/t19-,27+/m0/s1. The topological polar surface area (TPSA) is 92.3 Å². The van der Waals surface area contributed by atoms with Gasteiger partial charge in [-0.15, -0.1) is 0 Å². The number of hydrogen-bond acceptors (Lipinski definition) is 8. The number of ether oxygens (including phenoxy) is 5. The molecule has 1 aliphatic carbocycles. The molecule has 8 heteroatoms. The first-order chi connectivity index (χ1) is 18.4. The van der Waals surface area contributed by atoms with Crippen molar-refractivity contribution < 1.29 is 33.3 Å². The van der Waals surface area contributed by atoms with Gasteiger partial charge in [0, 0.05) is 29.0 Å². The monoisotopic (exact) mass is 521 g/mol. The predicted octanol–water partition coefficient (Wildman–Crippen LogP) is 5.04. The molecule has 0 saturated carbocycles. The zero-order valence-corrected chi connectivity index (χ0v) is 22.8. The van der Waals surface area contributed by atoms with Crippen LogP contribution in [0.5, 0.6) is 23.0 Å². The molecule has 2 aromatic carbocycles. The number of nitrogens with one attached hydrogen (secondary N) is 1. The summed E-state index contributed by atoms with van der Waals surface area (Å²) >= 11 is 0. The lowest BCUT2D eigenvalue weighted by Gasteiger charge is -2.37. The van der Waals surface area contributed by atoms with Gasteiger partial charge in [0.2, 0.25) is 0 Å². The number of Topliss-reactive ketones (excluding diaryl/α,β-unsaturated/α-hetero) is 1. The molecule has 4 rings (SSSR count). The van der Waals surface area contributed by atoms with Gasteiger partial charge in [0.1, 0.15) is 0 Å². The van der Waals surface area contributed by atoms with E-state index in [1.54, 1.807) is 34.5 Å². The van der Waals surface area contributed by atoms with E-state index in [1.807, 2.05) is 44.2 Å². The largest absolute Gasteiger partial charge is 0.493 e. The minimum atomic E-state index is -0.653. The molecule has 0 saturated heterocycles. The minimum Gasteiger partial charge on any atom is -0.493 e. The van der Waals surface area contributed by atoms with Crippen LogP contribution < -0.4 is 24.3 Å². The Hall–Kier alpha value is -3.94. The van der Waals surface area contributed by atoms with E-state index in [4.69, 9.17) is 23.7 Å². The first kappa shape index (κ1) is 27.1. The van der Waals surface area contributed by atoms with E-state index in [2.05, 4.69) is 5.32 Å². The summed E-state index contributed by atoms with van der Waals surface area (Å²) in [4.78, 5) is 27.3. The zero-order chi connectivity index (χ0) is 27.4. The summed E-state index contributed by atoms with van der Waals surface area (Å²) in [5, 5.41) is 3.38. The highest BCUT2D eigenvalue weighted by atomic mass is 16.5. The fraction of sp³-hybridized carbons (Fsp3) is 0.400. The molecule has 2 aromatic rings. The Balaban J connectivity index is 1.83. The van der Waals surface area contributed by atoms with Crippen molar-refractivity contribution in [1.29, 1.82) is 0 Å². The van der Waals surface area contributed by atoms with Gasteiger partial charge in [-0.3, -0.25) is 4.79 Å². The molecule has 1 heterocycles. The van der Waals surface area contributed by atoms with Gasteiger partial charge in [-0.25, -0.2) is 4.79 Å². The summed E-state index contributed by atoms with van der Waals surface area (Å²) in [6.45, 7) is 4.07. The van der Waals surface area contributed by atoms with Crippen LogP contribution in [0.4, 0.5) is 0 Å². The zero-order valence-electron chi connectivity index (χ0n) is 22.8. The third kappa shape index (κ3) is 4.95. The molecule has 0 amide bonds. The van der Waals surface area contributed by atoms with Gasteiger partial charge in [-0.2, -0.15) is 0 Å². The smallest absolute Gasteiger partial charge is 0.336 e. The Bertz CT molecular complexity index is 1290. The van der Waals surface area contributed by atoms with Crippen molar-refractivity contribution in [3.8, 4) is 23.0 Å². The van der Waals surface area contributed by atoms with Crippen LogP contribution in [0.15, 0.2) is 58.9 Å². The molecule has 0 fully saturated rings. The van der Waals surface area contributed by atoms with Crippen molar-refractivity contribution in [1.82, 2.24) is 5.32 Å². The fourth-order valence-corrected chi connectivity index (χ4v) is 5.37. The number of hydrogen-bond donors (Lipinski definition) is 1. The van der Waals surface area contributed by atoms with E-state index in [0.717, 1.165) is 11.3 Å². The second-order valence-electron chi connectivity index (χ2n) is 9.35. The Morgan fingerprint density at radius 2 is 1.68 bits per heavy atom. The first-order valence-corrected chi connectivity index (χ1v) is 12.7. The fourth-order valence-electron chi connectivity index (χ4n) is 5.37. The van der Waals surface area contributed by atoms with Gasteiger partial charge in [0.15, 0.2) is 28.8 Å². The lowest BCUT2D eigenvalue weighted by Crippen LogP contribution is -2.36. The van der Waals surface area contributed by atoms with E-state index in [1.165, 1.54) is 0 Å². The molecular weight excluding hydrogens is 486 g/mol. The number of ketones is 1. The van der Waals surface area contributed by atoms with E-state index in [-0.39, 0.29) is 18.1 Å². The molecule has 0 aromatic heterocycles. The van der Waals surface area contributed by atoms with Crippen LogP contribution in [-0.2, 0) is 14.3 Å². The maximum atomic E-state index is 13.9. The lowest BCUT2D eigenvalue weighted by molar-refractivity contribution is -0.139. The van der Waals surface area contributed by atoms with E-state index >= 15 is 0 Å². The minimum absolute atomic E-state index is 0.0401. The average molecular weight is 522 g/mol. The summed E-state index contributed by atoms with van der Waals surface area (Å²) in [6.07, 6.45) is 1.57. The number of rotatable bonds is 9. The second kappa shape index (κ2) is 11.6. The van der Waals surface area contributed by atoms with Crippen LogP contribution >= 0.6 is 0 Å². The van der Waals surface area contributed by atoms with Crippen molar-refractivity contribution in [2.24, 2.45) is 0 Å². The van der Waals surface area contributed by atoms with Crippen LogP contribution in [0.2, 0.25) is 0 Å². The van der Waals surface area contributed by atoms with Gasteiger partial charge < -0.3 is 29.0 Å². The third-order valence-electron chi connectivity index (χ3n) is 7.11. The summed E-state index contributed by atoms with van der Waals surface area (Å²) in [6, 6.07) is 11.2. The Kier molecular flexibility index (Phi) is 8.29. The molecule has 1 N–H and O–H groups in total. The van der Waals surface area contributed by atoms with Crippen LogP contribution in [0, 0.1) is 0 Å². The van der Waals surface area contributed by atoms with Crippen LogP contribution in [0.1, 0.15) is 56.1 Å². The summed E-state index contributed by atoms with van der Waals surface area (Å²) in [5.74, 6) is 1.04. The highest BCUT2D eigenvalue weighted by Gasteiger charge is 2.43. The molecule has 0 unspecified atom stereocenters. The second-order valence-corrected chi connectivity index (χ2v) is 9.35. The van der Waals surface area contributed by atoms with Crippen molar-refractivity contribution in [3.05, 3.63) is 70.1 Å². The lowest BCUT2D eigenvalue weighted by atomic mass is 9.71. The number of dihydropyridines is 1. The van der Waals surface area contributed by atoms with E-state index < -0.39 is 11.9 Å². The van der Waals surface area contributed by atoms with E-state index in [9.17, 15) is 9.59 Å². The number of para-hydroxylation sites is 1. The SMILES string of the molecule is CCCOC(=O)C1=C(C)NC2=C(C(=O)C[C@@H](c3ccc(OC)c(OC)c3)C2)[C@@H]1c1cccc(OC)c1OC. The molecule has 2 aliphatic rings. The Morgan fingerprint density at radius 3 is 2.34 bits per heavy atom. The van der Waals surface area contributed by atoms with Gasteiger partial charge in [-0.05, 0) is 49.4 Å². The predicted molar refractivity (Wildman–Crippen MR) is 143 cm³/mol. The van der Waals surface area contributed by atoms with Gasteiger partial charge in [0.25, 0.3) is 0 Å². The highest BCUT2D eigenvalue weighted by molar-refractivity contribution is 6.04. The average Bonchev–Trinajstić information content (AvgIpc) is 2.93. The Morgan fingerprint density at radius 1 is 0.947 bits per heavy atom. The Labute approximate surface area is 223 Å². The first-order valence-electron chi connectivity index (χ1n) is 12.7. The van der Waals surface area contributed by atoms with Crippen molar-refractivity contribution in [2.45, 2.75) is 44.9 Å². The molecule has 8 nitrogen and oxygen atoms in total. The van der Waals surface area contributed by atoms with Crippen LogP contribution in [-0.4, -0.2) is 46.8 Å². The number of esters is 1. The molecule has 2 atom stereocenters. The highest BCUT2D eigenvalue weighted by Crippen LogP contribution is 2.49. The summed E-state index contributed by atoms with van der Waals surface area (Å²) in [5.41, 5.74) is 4.07. The normalized spacial score (nSPS) is 18.9. The van der Waals surface area contributed by atoms with Crippen molar-refractivity contribution in [2.75, 3.05) is 35.0 Å². The number of carbonyl (C=O) groups is 2. The van der Waals surface area contributed by atoms with Crippen molar-refractivity contribution >= 4 is 11.8 Å². The summed E-state index contributed by atoms with van der Waals surface area (Å²) in [7, 11) is 6.30. The number of carbonyl (C=O) groups excluding carboxylic acids is 2. The van der Waals surface area contributed by atoms with Crippen molar-refractivity contribution in [3.63, 3.8) is 0 Å². The van der Waals surface area contributed by atoms with E-state index in [0.29, 0.717) is 64.9 Å². The quantitative estimate of drug-likeness (QED) is 0.459. The molecule has 0 radical (unpaired) electrons. The molecule has 38 heavy (non-hydrogen) atoms. The molecule has 0 bridgehead atoms. The number of methoxy groups -OCH3 is 4. The third-order valence-corrected chi connectivity index (χ3v) is 7.11. The molecule has 1 aliphatic heterocycles. The molecule has 202 valence electrons. The van der Waals surface area contributed by atoms with Crippen LogP contribution in [0.3, 0.4) is 0 Å². The van der Waals surface area contributed by atoms with Gasteiger partial charge >= 0.3 is 5.97 Å². The maximum absolute atomic E-state index is 13.9. The van der Waals surface area contributed by atoms with Gasteiger partial charge in [0.05, 0.1) is 46.5 Å². The van der Waals surface area contributed by atoms with Crippen LogP contribution in [0.25, 0.3) is 0 Å². The molecule has 0 spiro atoms. The van der Waals surface area contributed by atoms with Gasteiger partial charge in [-0.1, -0.05) is 25.1 Å². The summed E-state index contributed by atoms with van der Waals surface area (Å²) < 4.78 is 27.7. The number of benzene rings is 2.